The molecule has 0 saturated carbocycles. The molecule has 0 aliphatic carbocycles. The van der Waals surface area contributed by atoms with E-state index in [0.29, 0.717) is 12.0 Å². The van der Waals surface area contributed by atoms with Gasteiger partial charge in [0.2, 0.25) is 0 Å². The predicted molar refractivity (Wildman–Crippen MR) is 54.6 cm³/mol. The fraction of sp³-hybridized carbons (Fsp3) is 0.545. The van der Waals surface area contributed by atoms with Crippen molar-refractivity contribution in [3.8, 4) is 0 Å². The molecule has 1 heterocycles. The molecule has 0 aromatic heterocycles. The molecular weight excluding hydrogens is 146 g/mol. The van der Waals surface area contributed by atoms with Crippen LogP contribution in [0.5, 0.6) is 0 Å². The van der Waals surface area contributed by atoms with E-state index in [1.807, 2.05) is 12.3 Å². The van der Waals surface area contributed by atoms with Crippen molar-refractivity contribution in [2.24, 2.45) is 10.9 Å². The summed E-state index contributed by atoms with van der Waals surface area (Å²) in [5.41, 5.74) is 1.44. The summed E-state index contributed by atoms with van der Waals surface area (Å²) in [6.07, 6.45) is 9.39. The summed E-state index contributed by atoms with van der Waals surface area (Å²) in [6, 6.07) is 0.386. The van der Waals surface area contributed by atoms with Crippen molar-refractivity contribution < 1.29 is 0 Å². The minimum atomic E-state index is 0.386. The van der Waals surface area contributed by atoms with Crippen LogP contribution in [0, 0.1) is 5.92 Å². The molecule has 0 amide bonds. The minimum absolute atomic E-state index is 0.386. The van der Waals surface area contributed by atoms with Gasteiger partial charge in [0.15, 0.2) is 0 Å². The highest BCUT2D eigenvalue weighted by Gasteiger charge is 2.04. The number of hydrogen-bond acceptors (Lipinski definition) is 1. The number of hydrogen-bond donors (Lipinski definition) is 0. The van der Waals surface area contributed by atoms with Crippen LogP contribution in [0.1, 0.15) is 27.2 Å². The molecule has 0 aromatic carbocycles. The molecule has 1 heteroatoms. The van der Waals surface area contributed by atoms with Crippen LogP contribution in [0.2, 0.25) is 0 Å². The normalized spacial score (nSPS) is 23.7. The van der Waals surface area contributed by atoms with E-state index in [2.05, 4.69) is 37.9 Å². The Kier molecular flexibility index (Phi) is 3.27. The van der Waals surface area contributed by atoms with Crippen LogP contribution < -0.4 is 0 Å². The fourth-order valence-electron chi connectivity index (χ4n) is 1.11. The Morgan fingerprint density at radius 3 is 2.83 bits per heavy atom. The van der Waals surface area contributed by atoms with E-state index in [1.54, 1.807) is 0 Å². The lowest BCUT2D eigenvalue weighted by molar-refractivity contribution is 0.738. The molecule has 0 spiro atoms. The second-order valence-electron chi connectivity index (χ2n) is 3.59. The zero-order chi connectivity index (χ0) is 8.97. The maximum Gasteiger partial charge on any atom is 0.0716 e. The average Bonchev–Trinajstić information content (AvgIpc) is 2.06. The summed E-state index contributed by atoms with van der Waals surface area (Å²) < 4.78 is 0. The van der Waals surface area contributed by atoms with Crippen LogP contribution >= 0.6 is 0 Å². The van der Waals surface area contributed by atoms with Crippen LogP contribution in [0.4, 0.5) is 0 Å². The van der Waals surface area contributed by atoms with Gasteiger partial charge in [0.1, 0.15) is 0 Å². The highest BCUT2D eigenvalue weighted by atomic mass is 14.8. The first-order valence-corrected chi connectivity index (χ1v) is 4.56. The Morgan fingerprint density at radius 2 is 2.33 bits per heavy atom. The molecule has 0 bridgehead atoms. The molecule has 1 rings (SSSR count). The third kappa shape index (κ3) is 2.65. The smallest absolute Gasteiger partial charge is 0.0716 e. The molecule has 0 N–H and O–H groups in total. The van der Waals surface area contributed by atoms with Gasteiger partial charge in [-0.15, -0.1) is 0 Å². The SMILES string of the molecule is C/C(=C\C1CC=CC=N1)C(C)C. The van der Waals surface area contributed by atoms with Gasteiger partial charge < -0.3 is 0 Å². The molecule has 0 aromatic rings. The average molecular weight is 163 g/mol. The van der Waals surface area contributed by atoms with Gasteiger partial charge in [-0.1, -0.05) is 31.6 Å². The van der Waals surface area contributed by atoms with Crippen LogP contribution in [0.25, 0.3) is 0 Å². The third-order valence-electron chi connectivity index (χ3n) is 2.24. The van der Waals surface area contributed by atoms with Crippen LogP contribution in [-0.4, -0.2) is 12.3 Å². The van der Waals surface area contributed by atoms with E-state index in [1.165, 1.54) is 5.57 Å². The Hall–Kier alpha value is -0.850. The number of nitrogens with zero attached hydrogens (tertiary/aromatic N) is 1. The Labute approximate surface area is 74.9 Å². The maximum absolute atomic E-state index is 4.36. The van der Waals surface area contributed by atoms with Crippen molar-refractivity contribution in [1.29, 1.82) is 0 Å². The molecule has 0 fully saturated rings. The standard InChI is InChI=1S/C11H17N/c1-9(2)10(3)8-11-6-4-5-7-12-11/h4-5,7-9,11H,6H2,1-3H3/b10-8+. The lowest BCUT2D eigenvalue weighted by atomic mass is 10.0. The summed E-state index contributed by atoms with van der Waals surface area (Å²) in [5.74, 6) is 0.645. The summed E-state index contributed by atoms with van der Waals surface area (Å²) in [4.78, 5) is 4.36. The first kappa shape index (κ1) is 9.24. The van der Waals surface area contributed by atoms with Crippen LogP contribution in [-0.2, 0) is 0 Å². The zero-order valence-electron chi connectivity index (χ0n) is 8.12. The molecule has 0 saturated heterocycles. The van der Waals surface area contributed by atoms with E-state index >= 15 is 0 Å². The molecular formula is C11H17N. The zero-order valence-corrected chi connectivity index (χ0v) is 8.12. The summed E-state index contributed by atoms with van der Waals surface area (Å²) in [6.45, 7) is 6.61. The highest BCUT2D eigenvalue weighted by Crippen LogP contribution is 2.13. The van der Waals surface area contributed by atoms with Crippen molar-refractivity contribution in [3.63, 3.8) is 0 Å². The molecule has 1 aliphatic heterocycles. The van der Waals surface area contributed by atoms with Gasteiger partial charge in [0.05, 0.1) is 6.04 Å². The molecule has 1 nitrogen and oxygen atoms in total. The van der Waals surface area contributed by atoms with Crippen LogP contribution in [0.3, 0.4) is 0 Å². The van der Waals surface area contributed by atoms with Crippen molar-refractivity contribution in [1.82, 2.24) is 0 Å². The van der Waals surface area contributed by atoms with E-state index in [0.717, 1.165) is 6.42 Å². The summed E-state index contributed by atoms with van der Waals surface area (Å²) in [5, 5.41) is 0. The van der Waals surface area contributed by atoms with Gasteiger partial charge >= 0.3 is 0 Å². The number of dihydropyridines is 1. The number of rotatable bonds is 2. The van der Waals surface area contributed by atoms with Gasteiger partial charge in [-0.3, -0.25) is 4.99 Å². The van der Waals surface area contributed by atoms with Crippen molar-refractivity contribution >= 4 is 6.21 Å². The van der Waals surface area contributed by atoms with Crippen LogP contribution in [0.15, 0.2) is 28.8 Å². The first-order chi connectivity index (χ1) is 5.70. The minimum Gasteiger partial charge on any atom is -0.285 e. The van der Waals surface area contributed by atoms with E-state index in [4.69, 9.17) is 0 Å². The maximum atomic E-state index is 4.36. The van der Waals surface area contributed by atoms with Gasteiger partial charge in [-0.05, 0) is 25.3 Å². The fourth-order valence-corrected chi connectivity index (χ4v) is 1.11. The lowest BCUT2D eigenvalue weighted by Gasteiger charge is -2.11. The summed E-state index contributed by atoms with van der Waals surface area (Å²) >= 11 is 0. The Morgan fingerprint density at radius 1 is 1.58 bits per heavy atom. The van der Waals surface area contributed by atoms with E-state index < -0.39 is 0 Å². The second kappa shape index (κ2) is 4.24. The predicted octanol–water partition coefficient (Wildman–Crippen LogP) is 2.99. The van der Waals surface area contributed by atoms with Crippen molar-refractivity contribution in [2.45, 2.75) is 33.2 Å². The van der Waals surface area contributed by atoms with Crippen molar-refractivity contribution in [3.05, 3.63) is 23.8 Å². The van der Waals surface area contributed by atoms with Gasteiger partial charge in [0, 0.05) is 6.21 Å². The van der Waals surface area contributed by atoms with E-state index in [-0.39, 0.29) is 0 Å². The Balaban J connectivity index is 2.55. The van der Waals surface area contributed by atoms with Crippen molar-refractivity contribution in [2.75, 3.05) is 0 Å². The van der Waals surface area contributed by atoms with E-state index in [9.17, 15) is 0 Å². The van der Waals surface area contributed by atoms with Gasteiger partial charge in [-0.2, -0.15) is 0 Å². The highest BCUT2D eigenvalue weighted by molar-refractivity contribution is 5.72. The van der Waals surface area contributed by atoms with Gasteiger partial charge in [0.25, 0.3) is 0 Å². The largest absolute Gasteiger partial charge is 0.285 e. The lowest BCUT2D eigenvalue weighted by Crippen LogP contribution is -2.04. The quantitative estimate of drug-likeness (QED) is 0.555. The topological polar surface area (TPSA) is 12.4 Å². The Bertz CT molecular complexity index is 221. The molecule has 1 aliphatic rings. The second-order valence-corrected chi connectivity index (χ2v) is 3.59. The van der Waals surface area contributed by atoms with Gasteiger partial charge in [-0.25, -0.2) is 0 Å². The number of allylic oxidation sites excluding steroid dienone is 2. The molecule has 1 atom stereocenters. The molecule has 1 unspecified atom stereocenters. The number of aliphatic imine (C=N–C) groups is 1. The first-order valence-electron chi connectivity index (χ1n) is 4.56. The molecule has 66 valence electrons. The third-order valence-corrected chi connectivity index (χ3v) is 2.24. The monoisotopic (exact) mass is 163 g/mol. The molecule has 0 radical (unpaired) electrons. The molecule has 12 heavy (non-hydrogen) atoms. The summed E-state index contributed by atoms with van der Waals surface area (Å²) in [7, 11) is 0.